The number of benzene rings is 2. The maximum Gasteiger partial charge on any atom is 0.338 e. The average Bonchev–Trinajstić information content (AvgIpc) is 3.20. The van der Waals surface area contributed by atoms with E-state index >= 15 is 0 Å². The maximum absolute atomic E-state index is 13.8. The number of methoxy groups -OCH3 is 1. The summed E-state index contributed by atoms with van der Waals surface area (Å²) in [7, 11) is 1.39. The van der Waals surface area contributed by atoms with Crippen LogP contribution in [-0.4, -0.2) is 43.4 Å². The first-order chi connectivity index (χ1) is 15.9. The molecule has 6 nitrogen and oxygen atoms in total. The van der Waals surface area contributed by atoms with E-state index in [9.17, 15) is 14.0 Å². The number of ether oxygens (including phenoxy) is 2. The smallest absolute Gasteiger partial charge is 0.338 e. The summed E-state index contributed by atoms with van der Waals surface area (Å²) in [5.74, 6) is -0.618. The van der Waals surface area contributed by atoms with Gasteiger partial charge in [-0.25, -0.2) is 9.18 Å². The lowest BCUT2D eigenvalue weighted by atomic mass is 9.89. The van der Waals surface area contributed by atoms with Gasteiger partial charge in [0.1, 0.15) is 24.2 Å². The second kappa shape index (κ2) is 9.72. The molecule has 0 aliphatic carbocycles. The van der Waals surface area contributed by atoms with E-state index in [1.807, 2.05) is 12.1 Å². The van der Waals surface area contributed by atoms with Crippen molar-refractivity contribution in [3.8, 4) is 11.8 Å². The largest absolute Gasteiger partial charge is 0.496 e. The molecule has 33 heavy (non-hydrogen) atoms. The topological polar surface area (TPSA) is 79.6 Å². The molecule has 0 aromatic heterocycles. The zero-order chi connectivity index (χ0) is 23.5. The molecule has 0 saturated carbocycles. The number of likely N-dealkylation sites (tertiary alicyclic amines) is 1. The Morgan fingerprint density at radius 1 is 1.30 bits per heavy atom. The fourth-order valence-corrected chi connectivity index (χ4v) is 4.76. The van der Waals surface area contributed by atoms with Crippen molar-refractivity contribution >= 4 is 11.8 Å². The number of hydrogen-bond acceptors (Lipinski definition) is 6. The summed E-state index contributed by atoms with van der Waals surface area (Å²) < 4.78 is 24.2. The Labute approximate surface area is 192 Å². The van der Waals surface area contributed by atoms with E-state index in [1.54, 1.807) is 6.07 Å². The van der Waals surface area contributed by atoms with Crippen molar-refractivity contribution in [2.24, 2.45) is 5.92 Å². The first kappa shape index (κ1) is 22.9. The van der Waals surface area contributed by atoms with Crippen LogP contribution in [0.2, 0.25) is 0 Å². The van der Waals surface area contributed by atoms with Gasteiger partial charge < -0.3 is 14.4 Å². The molecule has 0 radical (unpaired) electrons. The Hall–Kier alpha value is -3.24. The number of hydrogen-bond donors (Lipinski definition) is 0. The lowest BCUT2D eigenvalue weighted by Crippen LogP contribution is -2.35. The Balaban J connectivity index is 1.31. The molecule has 0 unspecified atom stereocenters. The van der Waals surface area contributed by atoms with Gasteiger partial charge in [-0.2, -0.15) is 5.26 Å². The third-order valence-corrected chi connectivity index (χ3v) is 6.87. The summed E-state index contributed by atoms with van der Waals surface area (Å²) in [6.07, 6.45) is 3.08. The first-order valence-corrected chi connectivity index (χ1v) is 11.2. The Bertz CT molecular complexity index is 1130. The molecular formula is C26H27FN2O4. The minimum atomic E-state index is -0.683. The first-order valence-electron chi connectivity index (χ1n) is 11.2. The minimum absolute atomic E-state index is 0.118. The van der Waals surface area contributed by atoms with Gasteiger partial charge in [0.2, 0.25) is 0 Å². The van der Waals surface area contributed by atoms with E-state index < -0.39 is 5.82 Å². The van der Waals surface area contributed by atoms with E-state index in [0.717, 1.165) is 56.1 Å². The summed E-state index contributed by atoms with van der Waals surface area (Å²) in [5, 5.41) is 9.08. The lowest BCUT2D eigenvalue weighted by Gasteiger charge is -2.32. The third kappa shape index (κ3) is 4.76. The number of cyclic esters (lactones) is 1. The third-order valence-electron chi connectivity index (χ3n) is 6.87. The second-order valence-corrected chi connectivity index (χ2v) is 8.76. The van der Waals surface area contributed by atoms with Crippen molar-refractivity contribution in [1.29, 1.82) is 5.26 Å². The second-order valence-electron chi connectivity index (χ2n) is 8.76. The zero-order valence-corrected chi connectivity index (χ0v) is 18.9. The normalized spacial score (nSPS) is 16.2. The number of nitrogens with zero attached hydrogens (tertiary/aromatic N) is 2. The van der Waals surface area contributed by atoms with E-state index in [2.05, 4.69) is 11.8 Å². The molecule has 1 fully saturated rings. The standard InChI is InChI=1S/C26H27FN2O4/c1-16-18(3-4-20-22(16)15-33-26(20)31)7-10-29-8-5-17(6-9-29)11-24(30)21-12-19(14-28)23(27)13-25(21)32-2/h3-4,12-13,17H,5-11,15H2,1-2H3. The summed E-state index contributed by atoms with van der Waals surface area (Å²) >= 11 is 0. The zero-order valence-electron chi connectivity index (χ0n) is 18.9. The van der Waals surface area contributed by atoms with Crippen LogP contribution in [0.3, 0.4) is 0 Å². The van der Waals surface area contributed by atoms with Crippen LogP contribution in [0.4, 0.5) is 4.39 Å². The van der Waals surface area contributed by atoms with E-state index in [0.29, 0.717) is 18.6 Å². The monoisotopic (exact) mass is 450 g/mol. The molecular weight excluding hydrogens is 423 g/mol. The molecule has 0 atom stereocenters. The van der Waals surface area contributed by atoms with Crippen molar-refractivity contribution in [3.63, 3.8) is 0 Å². The Morgan fingerprint density at radius 3 is 2.76 bits per heavy atom. The van der Waals surface area contributed by atoms with Gasteiger partial charge in [0.25, 0.3) is 0 Å². The molecule has 0 N–H and O–H groups in total. The predicted octanol–water partition coefficient (Wildman–Crippen LogP) is 4.21. The van der Waals surface area contributed by atoms with Crippen LogP contribution in [0.1, 0.15) is 62.2 Å². The highest BCUT2D eigenvalue weighted by Crippen LogP contribution is 2.29. The summed E-state index contributed by atoms with van der Waals surface area (Å²) in [5.41, 5.74) is 4.19. The van der Waals surface area contributed by atoms with Crippen LogP contribution >= 0.6 is 0 Å². The van der Waals surface area contributed by atoms with E-state index in [-0.39, 0.29) is 34.5 Å². The lowest BCUT2D eigenvalue weighted by molar-refractivity contribution is 0.0534. The van der Waals surface area contributed by atoms with Gasteiger partial charge in [-0.05, 0) is 68.5 Å². The number of nitriles is 1. The molecule has 2 aliphatic heterocycles. The van der Waals surface area contributed by atoms with Crippen LogP contribution in [0, 0.1) is 30.0 Å². The number of carbonyl (C=O) groups is 2. The Morgan fingerprint density at radius 2 is 2.06 bits per heavy atom. The molecule has 0 amide bonds. The van der Waals surface area contributed by atoms with Gasteiger partial charge in [0.05, 0.1) is 23.8 Å². The van der Waals surface area contributed by atoms with E-state index in [4.69, 9.17) is 14.7 Å². The molecule has 0 spiro atoms. The average molecular weight is 451 g/mol. The predicted molar refractivity (Wildman–Crippen MR) is 120 cm³/mol. The van der Waals surface area contributed by atoms with Gasteiger partial charge in [0.15, 0.2) is 5.78 Å². The Kier molecular flexibility index (Phi) is 6.75. The highest BCUT2D eigenvalue weighted by molar-refractivity contribution is 5.99. The molecule has 172 valence electrons. The van der Waals surface area contributed by atoms with Crippen molar-refractivity contribution in [2.75, 3.05) is 26.7 Å². The van der Waals surface area contributed by atoms with Crippen LogP contribution in [0.5, 0.6) is 5.75 Å². The molecule has 1 saturated heterocycles. The molecule has 7 heteroatoms. The molecule has 2 aromatic rings. The number of rotatable bonds is 7. The summed E-state index contributed by atoms with van der Waals surface area (Å²) in [6, 6.07) is 8.08. The van der Waals surface area contributed by atoms with Gasteiger partial charge in [-0.15, -0.1) is 0 Å². The van der Waals surface area contributed by atoms with Crippen LogP contribution < -0.4 is 4.74 Å². The molecule has 0 bridgehead atoms. The number of halogens is 1. The van der Waals surface area contributed by atoms with Gasteiger partial charge >= 0.3 is 5.97 Å². The number of ketones is 1. The van der Waals surface area contributed by atoms with Crippen molar-refractivity contribution in [2.45, 2.75) is 39.2 Å². The number of piperidine rings is 1. The number of Topliss-reactive ketones (excluding diaryl/α,β-unsaturated/α-hetero) is 1. The maximum atomic E-state index is 13.8. The number of fused-ring (bicyclic) bond motifs is 1. The van der Waals surface area contributed by atoms with Crippen molar-refractivity contribution in [3.05, 3.63) is 63.5 Å². The van der Waals surface area contributed by atoms with Crippen molar-refractivity contribution in [1.82, 2.24) is 4.90 Å². The fourth-order valence-electron chi connectivity index (χ4n) is 4.76. The number of esters is 1. The van der Waals surface area contributed by atoms with Crippen LogP contribution in [0.15, 0.2) is 24.3 Å². The quantitative estimate of drug-likeness (QED) is 0.464. The number of carbonyl (C=O) groups excluding carboxylic acids is 2. The van der Waals surface area contributed by atoms with Crippen molar-refractivity contribution < 1.29 is 23.5 Å². The minimum Gasteiger partial charge on any atom is -0.496 e. The van der Waals surface area contributed by atoms with E-state index in [1.165, 1.54) is 18.7 Å². The SMILES string of the molecule is COc1cc(F)c(C#N)cc1C(=O)CC1CCN(CCc2ccc3c(c2C)COC3=O)CC1. The molecule has 2 aliphatic rings. The molecule has 4 rings (SSSR count). The highest BCUT2D eigenvalue weighted by atomic mass is 19.1. The molecule has 2 heterocycles. The molecule has 2 aromatic carbocycles. The highest BCUT2D eigenvalue weighted by Gasteiger charge is 2.26. The van der Waals surface area contributed by atoms with Gasteiger partial charge in [0, 0.05) is 24.6 Å². The van der Waals surface area contributed by atoms with Gasteiger partial charge in [-0.3, -0.25) is 4.79 Å². The summed E-state index contributed by atoms with van der Waals surface area (Å²) in [6.45, 7) is 5.16. The van der Waals surface area contributed by atoms with Crippen LogP contribution in [-0.2, 0) is 17.8 Å². The van der Waals surface area contributed by atoms with Gasteiger partial charge in [-0.1, -0.05) is 6.07 Å². The summed E-state index contributed by atoms with van der Waals surface area (Å²) in [4.78, 5) is 27.0. The fraction of sp³-hybridized carbons (Fsp3) is 0.423. The van der Waals surface area contributed by atoms with Crippen LogP contribution in [0.25, 0.3) is 0 Å².